The van der Waals surface area contributed by atoms with E-state index >= 15 is 0 Å². The number of anilines is 1. The van der Waals surface area contributed by atoms with E-state index in [0.29, 0.717) is 22.2 Å². The monoisotopic (exact) mass is 461 g/mol. The number of benzene rings is 2. The molecular weight excluding hydrogens is 442 g/mol. The second-order valence-corrected chi connectivity index (χ2v) is 8.45. The zero-order valence-electron chi connectivity index (χ0n) is 17.7. The highest BCUT2D eigenvalue weighted by Crippen LogP contribution is 2.45. The van der Waals surface area contributed by atoms with Crippen LogP contribution in [-0.2, 0) is 4.79 Å². The molecule has 2 aromatic carbocycles. The summed E-state index contributed by atoms with van der Waals surface area (Å²) in [7, 11) is 0. The van der Waals surface area contributed by atoms with Crippen LogP contribution < -0.4 is 10.9 Å². The first-order valence-corrected chi connectivity index (χ1v) is 10.8. The molecule has 1 aliphatic carbocycles. The van der Waals surface area contributed by atoms with Crippen molar-refractivity contribution in [2.45, 2.75) is 31.7 Å². The van der Waals surface area contributed by atoms with Gasteiger partial charge in [-0.15, -0.1) is 0 Å². The summed E-state index contributed by atoms with van der Waals surface area (Å²) in [6, 6.07) is 13.8. The zero-order chi connectivity index (χ0) is 23.7. The second-order valence-electron chi connectivity index (χ2n) is 8.01. The first kappa shape index (κ1) is 22.3. The van der Waals surface area contributed by atoms with E-state index in [1.807, 2.05) is 6.07 Å². The lowest BCUT2D eigenvalue weighted by atomic mass is 9.94. The van der Waals surface area contributed by atoms with Crippen molar-refractivity contribution in [2.75, 3.05) is 5.32 Å². The van der Waals surface area contributed by atoms with Gasteiger partial charge in [0.05, 0.1) is 11.1 Å². The van der Waals surface area contributed by atoms with Gasteiger partial charge in [0, 0.05) is 28.5 Å². The number of hydrogen-bond donors (Lipinski definition) is 2. The number of carboxylic acid groups (broad SMARTS) is 1. The number of nitrogens with zero attached hydrogens (tertiary/aromatic N) is 2. The molecule has 2 N–H and O–H groups in total. The summed E-state index contributed by atoms with van der Waals surface area (Å²) >= 11 is 6.20. The van der Waals surface area contributed by atoms with Crippen LogP contribution in [0.2, 0.25) is 5.02 Å². The second kappa shape index (κ2) is 8.93. The number of carbonyl (C=O) groups excluding carboxylic acids is 1. The molecule has 1 saturated carbocycles. The Morgan fingerprint density at radius 2 is 1.85 bits per heavy atom. The lowest BCUT2D eigenvalue weighted by Gasteiger charge is -2.18. The largest absolute Gasteiger partial charge is 0.478 e. The van der Waals surface area contributed by atoms with E-state index in [9.17, 15) is 19.6 Å². The third-order valence-electron chi connectivity index (χ3n) is 5.72. The van der Waals surface area contributed by atoms with Crippen LogP contribution in [0.25, 0.3) is 11.1 Å². The quantitative estimate of drug-likeness (QED) is 0.546. The van der Waals surface area contributed by atoms with Gasteiger partial charge in [0.25, 0.3) is 5.56 Å². The van der Waals surface area contributed by atoms with E-state index in [2.05, 4.69) is 11.4 Å². The third-order valence-corrected chi connectivity index (χ3v) is 5.95. The van der Waals surface area contributed by atoms with Gasteiger partial charge in [0.2, 0.25) is 5.91 Å². The number of aromatic carboxylic acids is 1. The molecule has 1 heterocycles. The normalized spacial score (nSPS) is 13.7. The summed E-state index contributed by atoms with van der Waals surface area (Å²) in [5.74, 6) is -1.15. The summed E-state index contributed by atoms with van der Waals surface area (Å²) in [6.07, 6.45) is 3.50. The third kappa shape index (κ3) is 4.66. The molecule has 3 aromatic rings. The molecule has 1 aliphatic rings. The minimum absolute atomic E-state index is 0.0955. The number of rotatable bonds is 6. The van der Waals surface area contributed by atoms with Crippen molar-refractivity contribution in [3.8, 4) is 17.2 Å². The molecule has 1 amide bonds. The summed E-state index contributed by atoms with van der Waals surface area (Å²) in [5, 5.41) is 22.0. The Hall–Kier alpha value is -3.89. The van der Waals surface area contributed by atoms with Crippen LogP contribution in [0.4, 0.5) is 5.69 Å². The molecule has 0 bridgehead atoms. The molecule has 0 spiro atoms. The molecule has 4 rings (SSSR count). The number of pyridine rings is 1. The SMILES string of the molecule is CC(C(=O)Nc1ccc(C(=O)O)cc1)n1cc(C#N)c(-c2cc(Cl)ccc2C2CC2)cc1=O. The van der Waals surface area contributed by atoms with Gasteiger partial charge in [-0.25, -0.2) is 4.79 Å². The number of carboxylic acids is 1. The molecule has 166 valence electrons. The van der Waals surface area contributed by atoms with Crippen LogP contribution in [0.5, 0.6) is 0 Å². The first-order valence-electron chi connectivity index (χ1n) is 10.4. The fourth-order valence-corrected chi connectivity index (χ4v) is 3.92. The number of amides is 1. The van der Waals surface area contributed by atoms with E-state index in [4.69, 9.17) is 16.7 Å². The molecule has 33 heavy (non-hydrogen) atoms. The average Bonchev–Trinajstić information content (AvgIpc) is 3.64. The van der Waals surface area contributed by atoms with Crippen molar-refractivity contribution >= 4 is 29.2 Å². The fraction of sp³-hybridized carbons (Fsp3) is 0.200. The van der Waals surface area contributed by atoms with Crippen molar-refractivity contribution in [1.82, 2.24) is 4.57 Å². The van der Waals surface area contributed by atoms with Crippen LogP contribution >= 0.6 is 11.6 Å². The van der Waals surface area contributed by atoms with Gasteiger partial charge in [0.15, 0.2) is 0 Å². The predicted molar refractivity (Wildman–Crippen MR) is 125 cm³/mol. The van der Waals surface area contributed by atoms with Crippen molar-refractivity contribution < 1.29 is 14.7 Å². The number of halogens is 1. The Morgan fingerprint density at radius 3 is 2.45 bits per heavy atom. The standard InChI is InChI=1S/C25H20ClN3O4/c1-14(24(31)28-19-7-4-16(5-8-19)25(32)33)29-13-17(12-27)21(11-23(29)30)22-10-18(26)6-9-20(22)15-2-3-15/h4-11,13-15H,2-3H2,1H3,(H,28,31)(H,32,33). The number of nitrogens with one attached hydrogen (secondary N) is 1. The summed E-state index contributed by atoms with van der Waals surface area (Å²) in [4.78, 5) is 36.7. The Kier molecular flexibility index (Phi) is 6.03. The van der Waals surface area contributed by atoms with E-state index in [0.717, 1.165) is 24.0 Å². The van der Waals surface area contributed by atoms with Crippen LogP contribution in [0, 0.1) is 11.3 Å². The highest BCUT2D eigenvalue weighted by molar-refractivity contribution is 6.30. The molecule has 0 aliphatic heterocycles. The van der Waals surface area contributed by atoms with Crippen molar-refractivity contribution in [2.24, 2.45) is 0 Å². The average molecular weight is 462 g/mol. The maximum absolute atomic E-state index is 13.0. The Balaban J connectivity index is 1.65. The number of hydrogen-bond acceptors (Lipinski definition) is 4. The molecule has 1 fully saturated rings. The highest BCUT2D eigenvalue weighted by Gasteiger charge is 2.28. The van der Waals surface area contributed by atoms with Crippen LogP contribution in [0.1, 0.15) is 53.2 Å². The maximum Gasteiger partial charge on any atom is 0.335 e. The summed E-state index contributed by atoms with van der Waals surface area (Å²) in [5.41, 5.74) is 2.66. The number of aromatic nitrogens is 1. The van der Waals surface area contributed by atoms with Gasteiger partial charge in [-0.3, -0.25) is 9.59 Å². The number of nitriles is 1. The fourth-order valence-electron chi connectivity index (χ4n) is 3.74. The van der Waals surface area contributed by atoms with Crippen LogP contribution in [0.3, 0.4) is 0 Å². The molecule has 0 radical (unpaired) electrons. The summed E-state index contributed by atoms with van der Waals surface area (Å²) in [6.45, 7) is 1.55. The van der Waals surface area contributed by atoms with Crippen molar-refractivity contribution in [1.29, 1.82) is 5.26 Å². The predicted octanol–water partition coefficient (Wildman–Crippen LogP) is 4.82. The molecule has 7 nitrogen and oxygen atoms in total. The first-order chi connectivity index (χ1) is 15.8. The van der Waals surface area contributed by atoms with Gasteiger partial charge < -0.3 is 15.0 Å². The minimum Gasteiger partial charge on any atom is -0.478 e. The van der Waals surface area contributed by atoms with E-state index in [1.54, 1.807) is 19.1 Å². The molecule has 0 saturated heterocycles. The number of carbonyl (C=O) groups is 2. The lowest BCUT2D eigenvalue weighted by molar-refractivity contribution is -0.118. The van der Waals surface area contributed by atoms with Gasteiger partial charge in [-0.2, -0.15) is 5.26 Å². The van der Waals surface area contributed by atoms with E-state index < -0.39 is 23.5 Å². The topological polar surface area (TPSA) is 112 Å². The summed E-state index contributed by atoms with van der Waals surface area (Å²) < 4.78 is 1.21. The molecular formula is C25H20ClN3O4. The van der Waals surface area contributed by atoms with Gasteiger partial charge in [0.1, 0.15) is 12.1 Å². The van der Waals surface area contributed by atoms with Gasteiger partial charge in [-0.1, -0.05) is 17.7 Å². The molecule has 8 heteroatoms. The minimum atomic E-state index is -1.07. The Bertz CT molecular complexity index is 1350. The molecule has 1 aromatic heterocycles. The van der Waals surface area contributed by atoms with Gasteiger partial charge in [-0.05, 0) is 73.2 Å². The van der Waals surface area contributed by atoms with Crippen molar-refractivity contribution in [3.63, 3.8) is 0 Å². The smallest absolute Gasteiger partial charge is 0.335 e. The van der Waals surface area contributed by atoms with Crippen LogP contribution in [0.15, 0.2) is 59.5 Å². The Morgan fingerprint density at radius 1 is 1.15 bits per heavy atom. The van der Waals surface area contributed by atoms with Crippen LogP contribution in [-0.4, -0.2) is 21.6 Å². The Labute approximate surface area is 194 Å². The zero-order valence-corrected chi connectivity index (χ0v) is 18.5. The maximum atomic E-state index is 13.0. The van der Waals surface area contributed by atoms with Crippen molar-refractivity contribution in [3.05, 3.63) is 86.8 Å². The van der Waals surface area contributed by atoms with E-state index in [1.165, 1.54) is 41.1 Å². The van der Waals surface area contributed by atoms with E-state index in [-0.39, 0.29) is 11.1 Å². The van der Waals surface area contributed by atoms with Gasteiger partial charge >= 0.3 is 5.97 Å². The molecule has 1 unspecified atom stereocenters. The highest BCUT2D eigenvalue weighted by atomic mass is 35.5. The molecule has 1 atom stereocenters. The lowest BCUT2D eigenvalue weighted by Crippen LogP contribution is -2.31.